The third kappa shape index (κ3) is 3.02. The number of hydrogen-bond acceptors (Lipinski definition) is 3. The molecule has 4 rings (SSSR count). The van der Waals surface area contributed by atoms with Crippen LogP contribution in [0, 0.1) is 0 Å². The van der Waals surface area contributed by atoms with Crippen molar-refractivity contribution >= 4 is 5.78 Å². The Labute approximate surface area is 143 Å². The lowest BCUT2D eigenvalue weighted by molar-refractivity contribution is 0.0876. The highest BCUT2D eigenvalue weighted by atomic mass is 16.1. The van der Waals surface area contributed by atoms with Crippen molar-refractivity contribution < 1.29 is 4.79 Å². The molecule has 124 valence electrons. The van der Waals surface area contributed by atoms with Gasteiger partial charge >= 0.3 is 0 Å². The first-order valence-corrected chi connectivity index (χ1v) is 8.86. The first-order chi connectivity index (χ1) is 11.7. The van der Waals surface area contributed by atoms with Crippen LogP contribution < -0.4 is 0 Å². The molecule has 1 saturated heterocycles. The molecule has 2 aromatic carbocycles. The third-order valence-corrected chi connectivity index (χ3v) is 5.36. The predicted molar refractivity (Wildman–Crippen MR) is 97.6 cm³/mol. The Balaban J connectivity index is 1.53. The van der Waals surface area contributed by atoms with Crippen molar-refractivity contribution in [1.82, 2.24) is 9.80 Å². The minimum Gasteiger partial charge on any atom is -0.304 e. The molecule has 3 nitrogen and oxygen atoms in total. The van der Waals surface area contributed by atoms with Gasteiger partial charge in [-0.1, -0.05) is 36.4 Å². The Bertz CT molecular complexity index is 760. The zero-order chi connectivity index (χ0) is 16.5. The van der Waals surface area contributed by atoms with Gasteiger partial charge in [0.05, 0.1) is 6.54 Å². The molecule has 0 radical (unpaired) electrons. The van der Waals surface area contributed by atoms with Gasteiger partial charge in [0.1, 0.15) is 0 Å². The Morgan fingerprint density at radius 3 is 2.46 bits per heavy atom. The van der Waals surface area contributed by atoms with Crippen LogP contribution in [0.2, 0.25) is 0 Å². The van der Waals surface area contributed by atoms with Crippen LogP contribution in [0.1, 0.15) is 21.5 Å². The molecule has 1 aliphatic heterocycles. The second-order valence-corrected chi connectivity index (χ2v) is 7.03. The van der Waals surface area contributed by atoms with E-state index in [1.165, 1.54) is 22.3 Å². The van der Waals surface area contributed by atoms with Crippen LogP contribution in [0.15, 0.2) is 42.5 Å². The van der Waals surface area contributed by atoms with Crippen molar-refractivity contribution in [2.75, 3.05) is 39.8 Å². The number of piperazine rings is 1. The summed E-state index contributed by atoms with van der Waals surface area (Å²) in [6.45, 7) is 4.62. The van der Waals surface area contributed by atoms with Crippen molar-refractivity contribution in [3.05, 3.63) is 59.2 Å². The van der Waals surface area contributed by atoms with E-state index in [0.717, 1.165) is 44.6 Å². The molecular weight excluding hydrogens is 296 g/mol. The molecule has 2 aliphatic rings. The van der Waals surface area contributed by atoms with Gasteiger partial charge in [-0.3, -0.25) is 9.69 Å². The minimum absolute atomic E-state index is 0.251. The summed E-state index contributed by atoms with van der Waals surface area (Å²) >= 11 is 0. The van der Waals surface area contributed by atoms with Crippen LogP contribution in [-0.4, -0.2) is 55.4 Å². The fourth-order valence-corrected chi connectivity index (χ4v) is 3.81. The molecule has 0 bridgehead atoms. The van der Waals surface area contributed by atoms with Gasteiger partial charge in [0, 0.05) is 31.7 Å². The molecule has 1 aliphatic carbocycles. The van der Waals surface area contributed by atoms with Gasteiger partial charge < -0.3 is 4.90 Å². The second-order valence-electron chi connectivity index (χ2n) is 7.03. The summed E-state index contributed by atoms with van der Waals surface area (Å²) in [6.07, 6.45) is 2.10. The van der Waals surface area contributed by atoms with E-state index in [-0.39, 0.29) is 5.78 Å². The Kier molecular flexibility index (Phi) is 4.21. The number of hydrogen-bond donors (Lipinski definition) is 0. The lowest BCUT2D eigenvalue weighted by atomic mass is 9.84. The summed E-state index contributed by atoms with van der Waals surface area (Å²) in [5, 5.41) is 0. The topological polar surface area (TPSA) is 23.6 Å². The molecule has 0 N–H and O–H groups in total. The Morgan fingerprint density at radius 1 is 0.917 bits per heavy atom. The number of Topliss-reactive ketones (excluding diaryl/α,β-unsaturated/α-hetero) is 1. The van der Waals surface area contributed by atoms with Crippen LogP contribution in [0.4, 0.5) is 0 Å². The van der Waals surface area contributed by atoms with E-state index in [0.29, 0.717) is 6.54 Å². The molecule has 0 saturated carbocycles. The van der Waals surface area contributed by atoms with Crippen LogP contribution in [0.25, 0.3) is 11.1 Å². The molecule has 3 heteroatoms. The van der Waals surface area contributed by atoms with E-state index in [1.54, 1.807) is 0 Å². The maximum absolute atomic E-state index is 12.7. The molecule has 0 unspecified atom stereocenters. The fraction of sp³-hybridized carbons (Fsp3) is 0.381. The number of carbonyl (C=O) groups excluding carboxylic acids is 1. The first-order valence-electron chi connectivity index (χ1n) is 8.86. The summed E-state index contributed by atoms with van der Waals surface area (Å²) in [5.74, 6) is 0.251. The quantitative estimate of drug-likeness (QED) is 0.813. The molecule has 0 spiro atoms. The van der Waals surface area contributed by atoms with Gasteiger partial charge in [0.2, 0.25) is 0 Å². The molecule has 0 aromatic heterocycles. The monoisotopic (exact) mass is 320 g/mol. The number of fused-ring (bicyclic) bond motifs is 3. The lowest BCUT2D eigenvalue weighted by Crippen LogP contribution is -2.46. The summed E-state index contributed by atoms with van der Waals surface area (Å²) < 4.78 is 0. The van der Waals surface area contributed by atoms with Gasteiger partial charge in [-0.05, 0) is 48.2 Å². The maximum atomic E-state index is 12.7. The van der Waals surface area contributed by atoms with Gasteiger partial charge in [-0.2, -0.15) is 0 Å². The summed E-state index contributed by atoms with van der Waals surface area (Å²) in [5.41, 5.74) is 6.23. The number of carbonyl (C=O) groups is 1. The smallest absolute Gasteiger partial charge is 0.176 e. The highest BCUT2D eigenvalue weighted by molar-refractivity contribution is 5.98. The number of nitrogens with zero attached hydrogens (tertiary/aromatic N) is 2. The third-order valence-electron chi connectivity index (χ3n) is 5.36. The minimum atomic E-state index is 0.251. The highest BCUT2D eigenvalue weighted by Crippen LogP contribution is 2.33. The van der Waals surface area contributed by atoms with E-state index in [2.05, 4.69) is 53.2 Å². The molecular formula is C21H24N2O. The highest BCUT2D eigenvalue weighted by Gasteiger charge is 2.20. The number of aryl methyl sites for hydroxylation is 2. The molecule has 0 atom stereocenters. The Morgan fingerprint density at radius 2 is 1.62 bits per heavy atom. The zero-order valence-electron chi connectivity index (χ0n) is 14.3. The summed E-state index contributed by atoms with van der Waals surface area (Å²) in [7, 11) is 2.14. The van der Waals surface area contributed by atoms with Gasteiger partial charge in [0.25, 0.3) is 0 Å². The average Bonchev–Trinajstić information content (AvgIpc) is 2.63. The van der Waals surface area contributed by atoms with Crippen molar-refractivity contribution in [2.45, 2.75) is 12.8 Å². The maximum Gasteiger partial charge on any atom is 0.176 e. The van der Waals surface area contributed by atoms with E-state index in [1.807, 2.05) is 6.07 Å². The zero-order valence-corrected chi connectivity index (χ0v) is 14.3. The largest absolute Gasteiger partial charge is 0.304 e. The summed E-state index contributed by atoms with van der Waals surface area (Å²) in [4.78, 5) is 17.3. The number of benzene rings is 2. The van der Waals surface area contributed by atoms with Crippen molar-refractivity contribution in [1.29, 1.82) is 0 Å². The molecule has 1 fully saturated rings. The van der Waals surface area contributed by atoms with Gasteiger partial charge in [0.15, 0.2) is 5.78 Å². The second kappa shape index (κ2) is 6.50. The fourth-order valence-electron chi connectivity index (χ4n) is 3.81. The SMILES string of the molecule is CN1CCN(CC(=O)c2ccc3c(c2)CCc2ccccc2-3)CC1. The van der Waals surface area contributed by atoms with Crippen LogP contribution in [0.3, 0.4) is 0 Å². The molecule has 24 heavy (non-hydrogen) atoms. The van der Waals surface area contributed by atoms with E-state index in [9.17, 15) is 4.79 Å². The van der Waals surface area contributed by atoms with Gasteiger partial charge in [-0.25, -0.2) is 0 Å². The Hall–Kier alpha value is -1.97. The predicted octanol–water partition coefficient (Wildman–Crippen LogP) is 2.88. The van der Waals surface area contributed by atoms with E-state index < -0.39 is 0 Å². The summed E-state index contributed by atoms with van der Waals surface area (Å²) in [6, 6.07) is 14.9. The van der Waals surface area contributed by atoms with Crippen molar-refractivity contribution in [3.8, 4) is 11.1 Å². The van der Waals surface area contributed by atoms with Crippen molar-refractivity contribution in [2.24, 2.45) is 0 Å². The van der Waals surface area contributed by atoms with Crippen LogP contribution in [-0.2, 0) is 12.8 Å². The number of rotatable bonds is 3. The van der Waals surface area contributed by atoms with Gasteiger partial charge in [-0.15, -0.1) is 0 Å². The normalized spacial score (nSPS) is 18.0. The standard InChI is InChI=1S/C21H24N2O/c1-22-10-12-23(13-11-22)15-21(24)18-8-9-20-17(14-18)7-6-16-4-2-3-5-19(16)20/h2-5,8-9,14H,6-7,10-13,15H2,1H3. The van der Waals surface area contributed by atoms with E-state index >= 15 is 0 Å². The average molecular weight is 320 g/mol. The molecule has 0 amide bonds. The number of likely N-dealkylation sites (N-methyl/N-ethyl adjacent to an activating group) is 1. The van der Waals surface area contributed by atoms with Crippen LogP contribution >= 0.6 is 0 Å². The number of ketones is 1. The van der Waals surface area contributed by atoms with Crippen molar-refractivity contribution in [3.63, 3.8) is 0 Å². The first kappa shape index (κ1) is 15.6. The van der Waals surface area contributed by atoms with E-state index in [4.69, 9.17) is 0 Å². The van der Waals surface area contributed by atoms with Crippen LogP contribution in [0.5, 0.6) is 0 Å². The molecule has 2 aromatic rings. The lowest BCUT2D eigenvalue weighted by Gasteiger charge is -2.31. The molecule has 1 heterocycles.